The Labute approximate surface area is 87.5 Å². The van der Waals surface area contributed by atoms with Gasteiger partial charge in [-0.05, 0) is 29.0 Å². The maximum absolute atomic E-state index is 12.9. The van der Waals surface area contributed by atoms with Crippen molar-refractivity contribution in [3.05, 3.63) is 47.8 Å². The van der Waals surface area contributed by atoms with E-state index in [4.69, 9.17) is 0 Å². The molecule has 1 nitrogen and oxygen atoms in total. The number of ketones is 1. The summed E-state index contributed by atoms with van der Waals surface area (Å²) in [5.41, 5.74) is 0.691. The third-order valence-corrected chi connectivity index (χ3v) is 2.45. The Morgan fingerprint density at radius 2 is 1.80 bits per heavy atom. The molecule has 0 spiro atoms. The maximum atomic E-state index is 12.9. The van der Waals surface area contributed by atoms with Gasteiger partial charge in [0.05, 0.1) is 0 Å². The molecule has 76 valence electrons. The Kier molecular flexibility index (Phi) is 2.50. The van der Waals surface area contributed by atoms with E-state index in [1.165, 1.54) is 12.1 Å². The van der Waals surface area contributed by atoms with Gasteiger partial charge in [-0.25, -0.2) is 4.39 Å². The van der Waals surface area contributed by atoms with E-state index in [1.54, 1.807) is 24.3 Å². The lowest BCUT2D eigenvalue weighted by atomic mass is 10.0. The number of Topliss-reactive ketones (excluding diaryl/α,β-unsaturated/α-hetero) is 1. The fourth-order valence-corrected chi connectivity index (χ4v) is 1.59. The van der Waals surface area contributed by atoms with Crippen LogP contribution >= 0.6 is 0 Å². The number of halogens is 1. The van der Waals surface area contributed by atoms with Crippen LogP contribution in [0.25, 0.3) is 10.8 Å². The molecule has 2 aromatic rings. The summed E-state index contributed by atoms with van der Waals surface area (Å²) in [6.07, 6.45) is 0.493. The highest BCUT2D eigenvalue weighted by atomic mass is 19.1. The van der Waals surface area contributed by atoms with Crippen LogP contribution in [-0.2, 0) is 0 Å². The van der Waals surface area contributed by atoms with Crippen molar-refractivity contribution in [1.82, 2.24) is 0 Å². The summed E-state index contributed by atoms with van der Waals surface area (Å²) in [6.45, 7) is 1.83. The summed E-state index contributed by atoms with van der Waals surface area (Å²) in [6, 6.07) is 9.89. The zero-order chi connectivity index (χ0) is 10.8. The van der Waals surface area contributed by atoms with Crippen molar-refractivity contribution in [2.45, 2.75) is 13.3 Å². The van der Waals surface area contributed by atoms with Gasteiger partial charge in [0.25, 0.3) is 0 Å². The number of fused-ring (bicyclic) bond motifs is 1. The van der Waals surface area contributed by atoms with Crippen LogP contribution in [0.2, 0.25) is 0 Å². The van der Waals surface area contributed by atoms with E-state index in [0.29, 0.717) is 12.0 Å². The molecule has 2 aromatic carbocycles. The van der Waals surface area contributed by atoms with Crippen LogP contribution in [-0.4, -0.2) is 5.78 Å². The van der Waals surface area contributed by atoms with Crippen molar-refractivity contribution >= 4 is 16.6 Å². The predicted octanol–water partition coefficient (Wildman–Crippen LogP) is 3.57. The molecule has 0 aromatic heterocycles. The van der Waals surface area contributed by atoms with Crippen LogP contribution < -0.4 is 0 Å². The highest BCUT2D eigenvalue weighted by Crippen LogP contribution is 2.18. The molecule has 0 aliphatic rings. The molecule has 0 bridgehead atoms. The van der Waals surface area contributed by atoms with Crippen molar-refractivity contribution in [1.29, 1.82) is 0 Å². The van der Waals surface area contributed by atoms with Gasteiger partial charge in [-0.2, -0.15) is 0 Å². The van der Waals surface area contributed by atoms with Gasteiger partial charge in [0, 0.05) is 12.0 Å². The number of hydrogen-bond acceptors (Lipinski definition) is 1. The van der Waals surface area contributed by atoms with Gasteiger partial charge in [0.1, 0.15) is 5.82 Å². The summed E-state index contributed by atoms with van der Waals surface area (Å²) >= 11 is 0. The first kappa shape index (κ1) is 9.84. The van der Waals surface area contributed by atoms with E-state index in [2.05, 4.69) is 0 Å². The molecule has 0 fully saturated rings. The normalized spacial score (nSPS) is 10.5. The molecular weight excluding hydrogens is 191 g/mol. The van der Waals surface area contributed by atoms with Crippen LogP contribution in [0.1, 0.15) is 23.7 Å². The minimum atomic E-state index is -0.253. The number of hydrogen-bond donors (Lipinski definition) is 0. The van der Waals surface area contributed by atoms with Crippen LogP contribution in [0.15, 0.2) is 36.4 Å². The summed E-state index contributed by atoms with van der Waals surface area (Å²) < 4.78 is 12.9. The molecule has 0 heterocycles. The standard InChI is InChI=1S/C13H11FO/c1-2-13(15)11-4-3-10-8-12(14)6-5-9(10)7-11/h3-8H,2H2,1H3. The second kappa shape index (κ2) is 3.81. The molecule has 0 saturated carbocycles. The molecular formula is C13H11FO. The zero-order valence-electron chi connectivity index (χ0n) is 8.46. The lowest BCUT2D eigenvalue weighted by Gasteiger charge is -2.01. The second-order valence-corrected chi connectivity index (χ2v) is 3.48. The van der Waals surface area contributed by atoms with E-state index in [9.17, 15) is 9.18 Å². The molecule has 0 atom stereocenters. The van der Waals surface area contributed by atoms with E-state index in [1.807, 2.05) is 6.92 Å². The largest absolute Gasteiger partial charge is 0.294 e. The van der Waals surface area contributed by atoms with Gasteiger partial charge in [-0.15, -0.1) is 0 Å². The monoisotopic (exact) mass is 202 g/mol. The Balaban J connectivity index is 2.57. The van der Waals surface area contributed by atoms with E-state index in [-0.39, 0.29) is 11.6 Å². The van der Waals surface area contributed by atoms with E-state index in [0.717, 1.165) is 10.8 Å². The Morgan fingerprint density at radius 1 is 1.13 bits per heavy atom. The molecule has 0 aliphatic heterocycles. The molecule has 0 N–H and O–H groups in total. The van der Waals surface area contributed by atoms with Gasteiger partial charge in [-0.1, -0.05) is 25.1 Å². The molecule has 2 rings (SSSR count). The van der Waals surface area contributed by atoms with Crippen LogP contribution in [0.4, 0.5) is 4.39 Å². The molecule has 0 saturated heterocycles. The van der Waals surface area contributed by atoms with Crippen molar-refractivity contribution in [2.75, 3.05) is 0 Å². The summed E-state index contributed by atoms with van der Waals surface area (Å²) in [4.78, 5) is 11.4. The van der Waals surface area contributed by atoms with E-state index >= 15 is 0 Å². The van der Waals surface area contributed by atoms with Crippen LogP contribution in [0.3, 0.4) is 0 Å². The summed E-state index contributed by atoms with van der Waals surface area (Å²) in [5.74, 6) is -0.140. The topological polar surface area (TPSA) is 17.1 Å². The van der Waals surface area contributed by atoms with Crippen molar-refractivity contribution in [2.24, 2.45) is 0 Å². The van der Waals surface area contributed by atoms with Gasteiger partial charge in [0.2, 0.25) is 0 Å². The quantitative estimate of drug-likeness (QED) is 0.680. The minimum Gasteiger partial charge on any atom is -0.294 e. The zero-order valence-corrected chi connectivity index (χ0v) is 8.46. The Morgan fingerprint density at radius 3 is 2.53 bits per heavy atom. The fraction of sp³-hybridized carbons (Fsp3) is 0.154. The first-order valence-corrected chi connectivity index (χ1v) is 4.93. The molecule has 0 amide bonds. The average Bonchev–Trinajstić information content (AvgIpc) is 2.27. The summed E-state index contributed by atoms with van der Waals surface area (Å²) in [5, 5.41) is 1.72. The maximum Gasteiger partial charge on any atom is 0.162 e. The van der Waals surface area contributed by atoms with Crippen LogP contribution in [0, 0.1) is 5.82 Å². The SMILES string of the molecule is CCC(=O)c1ccc2cc(F)ccc2c1. The van der Waals surface area contributed by atoms with E-state index < -0.39 is 0 Å². The van der Waals surface area contributed by atoms with Crippen molar-refractivity contribution < 1.29 is 9.18 Å². The van der Waals surface area contributed by atoms with Crippen molar-refractivity contribution in [3.8, 4) is 0 Å². The Hall–Kier alpha value is -1.70. The average molecular weight is 202 g/mol. The minimum absolute atomic E-state index is 0.112. The molecule has 2 heteroatoms. The first-order valence-electron chi connectivity index (χ1n) is 4.93. The third-order valence-electron chi connectivity index (χ3n) is 2.45. The van der Waals surface area contributed by atoms with Gasteiger partial charge >= 0.3 is 0 Å². The lowest BCUT2D eigenvalue weighted by molar-refractivity contribution is 0.0988. The molecule has 0 unspecified atom stereocenters. The number of rotatable bonds is 2. The van der Waals surface area contributed by atoms with Gasteiger partial charge in [-0.3, -0.25) is 4.79 Å². The number of carbonyl (C=O) groups is 1. The third kappa shape index (κ3) is 1.89. The highest BCUT2D eigenvalue weighted by molar-refractivity contribution is 5.99. The highest BCUT2D eigenvalue weighted by Gasteiger charge is 2.04. The van der Waals surface area contributed by atoms with Gasteiger partial charge < -0.3 is 0 Å². The first-order chi connectivity index (χ1) is 7.20. The molecule has 0 radical (unpaired) electrons. The molecule has 0 aliphatic carbocycles. The smallest absolute Gasteiger partial charge is 0.162 e. The van der Waals surface area contributed by atoms with Gasteiger partial charge in [0.15, 0.2) is 5.78 Å². The predicted molar refractivity (Wildman–Crippen MR) is 58.5 cm³/mol. The number of carbonyl (C=O) groups excluding carboxylic acids is 1. The fourth-order valence-electron chi connectivity index (χ4n) is 1.59. The lowest BCUT2D eigenvalue weighted by Crippen LogP contribution is -1.95. The van der Waals surface area contributed by atoms with Crippen molar-refractivity contribution in [3.63, 3.8) is 0 Å². The van der Waals surface area contributed by atoms with Crippen LogP contribution in [0.5, 0.6) is 0 Å². The summed E-state index contributed by atoms with van der Waals surface area (Å²) in [7, 11) is 0. The second-order valence-electron chi connectivity index (χ2n) is 3.48. The Bertz CT molecular complexity index is 517. The molecule has 15 heavy (non-hydrogen) atoms. The number of benzene rings is 2.